The molecule has 1 nitrogen and oxygen atoms in total. The van der Waals surface area contributed by atoms with Gasteiger partial charge in [-0.05, 0) is 31.7 Å². The molecule has 1 fully saturated rings. The van der Waals surface area contributed by atoms with Crippen molar-refractivity contribution in [2.75, 3.05) is 7.05 Å². The van der Waals surface area contributed by atoms with Crippen molar-refractivity contribution in [3.8, 4) is 0 Å². The zero-order chi connectivity index (χ0) is 10.4. The second kappa shape index (κ2) is 6.44. The molecule has 0 aromatic carbocycles. The summed E-state index contributed by atoms with van der Waals surface area (Å²) in [5, 5.41) is 3.46. The molecule has 0 aliphatic heterocycles. The molecule has 0 heterocycles. The van der Waals surface area contributed by atoms with E-state index in [0.29, 0.717) is 0 Å². The van der Waals surface area contributed by atoms with Crippen molar-refractivity contribution in [2.45, 2.75) is 64.8 Å². The Morgan fingerprint density at radius 1 is 0.857 bits per heavy atom. The second-order valence-corrected chi connectivity index (χ2v) is 5.29. The molecule has 1 aliphatic rings. The van der Waals surface area contributed by atoms with Gasteiger partial charge in [-0.25, -0.2) is 0 Å². The first-order chi connectivity index (χ1) is 6.72. The summed E-state index contributed by atoms with van der Waals surface area (Å²) in [5.74, 6) is 1.87. The molecule has 14 heavy (non-hydrogen) atoms. The largest absolute Gasteiger partial charge is 0.317 e. The summed E-state index contributed by atoms with van der Waals surface area (Å²) in [5.41, 5.74) is 0. The summed E-state index contributed by atoms with van der Waals surface area (Å²) >= 11 is 0. The Labute approximate surface area is 89.7 Å². The van der Waals surface area contributed by atoms with E-state index in [4.69, 9.17) is 0 Å². The first-order valence-corrected chi connectivity index (χ1v) is 6.39. The Balaban J connectivity index is 2.37. The highest BCUT2D eigenvalue weighted by Gasteiger charge is 2.14. The van der Waals surface area contributed by atoms with E-state index in [-0.39, 0.29) is 0 Å². The van der Waals surface area contributed by atoms with E-state index in [9.17, 15) is 0 Å². The van der Waals surface area contributed by atoms with Gasteiger partial charge in [-0.15, -0.1) is 0 Å². The van der Waals surface area contributed by atoms with E-state index in [1.165, 1.54) is 44.9 Å². The van der Waals surface area contributed by atoms with Gasteiger partial charge in [-0.3, -0.25) is 0 Å². The topological polar surface area (TPSA) is 12.0 Å². The van der Waals surface area contributed by atoms with Crippen molar-refractivity contribution >= 4 is 0 Å². The van der Waals surface area contributed by atoms with Crippen LogP contribution >= 0.6 is 0 Å². The Hall–Kier alpha value is -0.0400. The summed E-state index contributed by atoms with van der Waals surface area (Å²) in [6, 6.07) is 0.776. The number of nitrogens with one attached hydrogen (secondary N) is 1. The highest BCUT2D eigenvalue weighted by atomic mass is 14.9. The molecule has 1 heteroatoms. The van der Waals surface area contributed by atoms with Gasteiger partial charge in [0.15, 0.2) is 0 Å². The van der Waals surface area contributed by atoms with Crippen molar-refractivity contribution < 1.29 is 0 Å². The predicted octanol–water partition coefficient (Wildman–Crippen LogP) is 3.59. The molecule has 0 aromatic rings. The highest BCUT2D eigenvalue weighted by Crippen LogP contribution is 2.24. The molecule has 1 rings (SSSR count). The lowest BCUT2D eigenvalue weighted by atomic mass is 9.87. The Kier molecular flexibility index (Phi) is 5.54. The summed E-state index contributed by atoms with van der Waals surface area (Å²) in [7, 11) is 2.12. The maximum atomic E-state index is 3.46. The average Bonchev–Trinajstić information content (AvgIpc) is 2.19. The van der Waals surface area contributed by atoms with Crippen LogP contribution in [0.5, 0.6) is 0 Å². The van der Waals surface area contributed by atoms with Crippen molar-refractivity contribution in [3.63, 3.8) is 0 Å². The van der Waals surface area contributed by atoms with Crippen LogP contribution < -0.4 is 5.32 Å². The molecule has 1 N–H and O–H groups in total. The summed E-state index contributed by atoms with van der Waals surface area (Å²) < 4.78 is 0. The molecule has 1 saturated carbocycles. The lowest BCUT2D eigenvalue weighted by Gasteiger charge is -2.24. The first kappa shape index (κ1) is 12.0. The molecule has 3 atom stereocenters. The van der Waals surface area contributed by atoms with Crippen molar-refractivity contribution in [1.82, 2.24) is 5.32 Å². The lowest BCUT2D eigenvalue weighted by Crippen LogP contribution is -2.27. The zero-order valence-electron chi connectivity index (χ0n) is 10.2. The fourth-order valence-electron chi connectivity index (χ4n) is 2.58. The third-order valence-electron chi connectivity index (χ3n) is 3.75. The normalized spacial score (nSPS) is 36.6. The monoisotopic (exact) mass is 197 g/mol. The van der Waals surface area contributed by atoms with E-state index in [1.807, 2.05) is 0 Å². The van der Waals surface area contributed by atoms with E-state index in [1.54, 1.807) is 0 Å². The first-order valence-electron chi connectivity index (χ1n) is 6.39. The molecule has 0 amide bonds. The van der Waals surface area contributed by atoms with E-state index >= 15 is 0 Å². The Morgan fingerprint density at radius 2 is 1.50 bits per heavy atom. The van der Waals surface area contributed by atoms with Crippen molar-refractivity contribution in [2.24, 2.45) is 11.8 Å². The van der Waals surface area contributed by atoms with Crippen LogP contribution in [-0.2, 0) is 0 Å². The average molecular weight is 197 g/mol. The third-order valence-corrected chi connectivity index (χ3v) is 3.75. The van der Waals surface area contributed by atoms with E-state index in [0.717, 1.165) is 17.9 Å². The maximum Gasteiger partial charge on any atom is 0.00666 e. The Morgan fingerprint density at radius 3 is 2.21 bits per heavy atom. The van der Waals surface area contributed by atoms with Crippen LogP contribution in [0.3, 0.4) is 0 Å². The van der Waals surface area contributed by atoms with Crippen LogP contribution in [0, 0.1) is 11.8 Å². The van der Waals surface area contributed by atoms with Crippen LogP contribution in [0.25, 0.3) is 0 Å². The molecule has 0 bridgehead atoms. The summed E-state index contributed by atoms with van der Waals surface area (Å²) in [4.78, 5) is 0. The molecule has 0 aromatic heterocycles. The standard InChI is InChI=1S/C13H27N/c1-11-6-4-5-7-13(14-3)10-12(2)9-8-11/h11-14H,4-10H2,1-3H3. The number of hydrogen-bond donors (Lipinski definition) is 1. The smallest absolute Gasteiger partial charge is 0.00666 e. The van der Waals surface area contributed by atoms with Crippen LogP contribution in [0.2, 0.25) is 0 Å². The molecule has 84 valence electrons. The highest BCUT2D eigenvalue weighted by molar-refractivity contribution is 4.71. The van der Waals surface area contributed by atoms with Gasteiger partial charge in [0, 0.05) is 6.04 Å². The van der Waals surface area contributed by atoms with Gasteiger partial charge in [-0.2, -0.15) is 0 Å². The fraction of sp³-hybridized carbons (Fsp3) is 1.00. The van der Waals surface area contributed by atoms with Crippen LogP contribution in [0.4, 0.5) is 0 Å². The molecular weight excluding hydrogens is 170 g/mol. The molecule has 0 spiro atoms. The van der Waals surface area contributed by atoms with Crippen molar-refractivity contribution in [3.05, 3.63) is 0 Å². The second-order valence-electron chi connectivity index (χ2n) is 5.29. The van der Waals surface area contributed by atoms with E-state index < -0.39 is 0 Å². The molecule has 0 radical (unpaired) electrons. The van der Waals surface area contributed by atoms with Gasteiger partial charge >= 0.3 is 0 Å². The third kappa shape index (κ3) is 4.45. The van der Waals surface area contributed by atoms with Gasteiger partial charge in [-0.1, -0.05) is 46.0 Å². The zero-order valence-corrected chi connectivity index (χ0v) is 10.2. The number of hydrogen-bond acceptors (Lipinski definition) is 1. The minimum absolute atomic E-state index is 0.776. The molecular formula is C13H27N. The van der Waals surface area contributed by atoms with E-state index in [2.05, 4.69) is 26.2 Å². The minimum Gasteiger partial charge on any atom is -0.317 e. The van der Waals surface area contributed by atoms with Crippen LogP contribution in [0.1, 0.15) is 58.8 Å². The van der Waals surface area contributed by atoms with Gasteiger partial charge in [0.1, 0.15) is 0 Å². The fourth-order valence-corrected chi connectivity index (χ4v) is 2.58. The molecule has 1 aliphatic carbocycles. The minimum atomic E-state index is 0.776. The van der Waals surface area contributed by atoms with Gasteiger partial charge < -0.3 is 5.32 Å². The van der Waals surface area contributed by atoms with Crippen LogP contribution in [0.15, 0.2) is 0 Å². The van der Waals surface area contributed by atoms with Gasteiger partial charge in [0.05, 0.1) is 0 Å². The van der Waals surface area contributed by atoms with Gasteiger partial charge in [0.2, 0.25) is 0 Å². The van der Waals surface area contributed by atoms with Gasteiger partial charge in [0.25, 0.3) is 0 Å². The molecule has 3 unspecified atom stereocenters. The molecule has 0 saturated heterocycles. The summed E-state index contributed by atoms with van der Waals surface area (Å²) in [6.45, 7) is 4.84. The van der Waals surface area contributed by atoms with Crippen molar-refractivity contribution in [1.29, 1.82) is 0 Å². The quantitative estimate of drug-likeness (QED) is 0.677. The predicted molar refractivity (Wildman–Crippen MR) is 63.5 cm³/mol. The maximum absolute atomic E-state index is 3.46. The summed E-state index contributed by atoms with van der Waals surface area (Å²) in [6.07, 6.45) is 9.94. The SMILES string of the molecule is CNC1CCCCC(C)CCC(C)C1. The van der Waals surface area contributed by atoms with Crippen LogP contribution in [-0.4, -0.2) is 13.1 Å². The lowest BCUT2D eigenvalue weighted by molar-refractivity contribution is 0.320. The Bertz CT molecular complexity index is 144. The number of rotatable bonds is 1.